The maximum Gasteiger partial charge on any atom is 0.311 e. The van der Waals surface area contributed by atoms with Crippen molar-refractivity contribution in [2.45, 2.75) is 39.0 Å². The Morgan fingerprint density at radius 2 is 2.00 bits per heavy atom. The van der Waals surface area contributed by atoms with Crippen molar-refractivity contribution in [1.82, 2.24) is 0 Å². The van der Waals surface area contributed by atoms with E-state index in [1.165, 1.54) is 37.5 Å². The van der Waals surface area contributed by atoms with E-state index in [-0.39, 0.29) is 11.4 Å². The van der Waals surface area contributed by atoms with Crippen LogP contribution in [0.5, 0.6) is 5.75 Å². The van der Waals surface area contributed by atoms with Crippen LogP contribution in [0.2, 0.25) is 0 Å². The van der Waals surface area contributed by atoms with Gasteiger partial charge in [0.25, 0.3) is 0 Å². The summed E-state index contributed by atoms with van der Waals surface area (Å²) in [6.07, 6.45) is 5.59. The Labute approximate surface area is 107 Å². The summed E-state index contributed by atoms with van der Waals surface area (Å²) in [6.45, 7) is 2.65. The molecule has 0 aliphatic heterocycles. The number of ether oxygens (including phenoxy) is 1. The third-order valence-corrected chi connectivity index (χ3v) is 2.69. The van der Waals surface area contributed by atoms with E-state index in [0.717, 1.165) is 12.8 Å². The van der Waals surface area contributed by atoms with Gasteiger partial charge in [0, 0.05) is 17.8 Å². The Hall–Kier alpha value is -1.78. The first-order chi connectivity index (χ1) is 8.65. The van der Waals surface area contributed by atoms with Crippen LogP contribution in [0.1, 0.15) is 39.0 Å². The van der Waals surface area contributed by atoms with Crippen molar-refractivity contribution in [3.8, 4) is 5.75 Å². The van der Waals surface area contributed by atoms with Crippen molar-refractivity contribution in [1.29, 1.82) is 0 Å². The van der Waals surface area contributed by atoms with Gasteiger partial charge >= 0.3 is 5.69 Å². The van der Waals surface area contributed by atoms with Gasteiger partial charge in [0.1, 0.15) is 0 Å². The quantitative estimate of drug-likeness (QED) is 0.332. The number of unbranched alkanes of at least 4 members (excludes halogenated alkanes) is 4. The summed E-state index contributed by atoms with van der Waals surface area (Å²) in [7, 11) is 0. The molecule has 0 saturated heterocycles. The molecule has 100 valence electrons. The number of nitrogen functional groups attached to an aromatic ring is 1. The normalized spacial score (nSPS) is 10.3. The van der Waals surface area contributed by atoms with E-state index in [1.54, 1.807) is 0 Å². The fourth-order valence-electron chi connectivity index (χ4n) is 1.68. The summed E-state index contributed by atoms with van der Waals surface area (Å²) < 4.78 is 5.44. The predicted molar refractivity (Wildman–Crippen MR) is 71.8 cm³/mol. The molecule has 0 bridgehead atoms. The second kappa shape index (κ2) is 7.53. The van der Waals surface area contributed by atoms with Gasteiger partial charge in [-0.25, -0.2) is 0 Å². The number of anilines is 1. The molecular weight excluding hydrogens is 232 g/mol. The zero-order valence-corrected chi connectivity index (χ0v) is 10.7. The molecule has 0 aliphatic rings. The summed E-state index contributed by atoms with van der Waals surface area (Å²) in [5.74, 6) is 0.260. The lowest BCUT2D eigenvalue weighted by molar-refractivity contribution is -0.385. The molecule has 0 atom stereocenters. The van der Waals surface area contributed by atoms with E-state index in [4.69, 9.17) is 10.5 Å². The first-order valence-electron chi connectivity index (χ1n) is 6.32. The minimum Gasteiger partial charge on any atom is -0.487 e. The van der Waals surface area contributed by atoms with Crippen LogP contribution in [0.3, 0.4) is 0 Å². The highest BCUT2D eigenvalue weighted by atomic mass is 16.6. The smallest absolute Gasteiger partial charge is 0.311 e. The average molecular weight is 252 g/mol. The summed E-state index contributed by atoms with van der Waals surface area (Å²) in [4.78, 5) is 10.3. The monoisotopic (exact) mass is 252 g/mol. The van der Waals surface area contributed by atoms with Crippen LogP contribution in [-0.2, 0) is 0 Å². The molecule has 0 unspecified atom stereocenters. The van der Waals surface area contributed by atoms with Crippen molar-refractivity contribution < 1.29 is 9.66 Å². The van der Waals surface area contributed by atoms with E-state index in [9.17, 15) is 10.1 Å². The van der Waals surface area contributed by atoms with Crippen molar-refractivity contribution >= 4 is 11.4 Å². The van der Waals surface area contributed by atoms with Gasteiger partial charge in [0.2, 0.25) is 0 Å². The van der Waals surface area contributed by atoms with Gasteiger partial charge in [-0.05, 0) is 12.5 Å². The molecule has 1 aromatic rings. The maximum atomic E-state index is 10.8. The van der Waals surface area contributed by atoms with Crippen molar-refractivity contribution in [2.24, 2.45) is 0 Å². The standard InChI is InChI=1S/C13H20N2O3/c1-2-3-4-5-6-9-18-13-10-11(14)7-8-12(13)15(16)17/h7-8,10H,2-6,9,14H2,1H3. The Morgan fingerprint density at radius 1 is 1.28 bits per heavy atom. The second-order valence-corrected chi connectivity index (χ2v) is 4.25. The zero-order valence-electron chi connectivity index (χ0n) is 10.7. The van der Waals surface area contributed by atoms with E-state index in [0.29, 0.717) is 12.3 Å². The fraction of sp³-hybridized carbons (Fsp3) is 0.538. The van der Waals surface area contributed by atoms with Crippen LogP contribution in [0.25, 0.3) is 0 Å². The molecule has 0 spiro atoms. The van der Waals surface area contributed by atoms with Gasteiger partial charge in [0.15, 0.2) is 5.75 Å². The van der Waals surface area contributed by atoms with E-state index in [2.05, 4.69) is 6.92 Å². The largest absolute Gasteiger partial charge is 0.487 e. The molecule has 1 rings (SSSR count). The maximum absolute atomic E-state index is 10.8. The number of hydrogen-bond acceptors (Lipinski definition) is 4. The van der Waals surface area contributed by atoms with Gasteiger partial charge in [0.05, 0.1) is 11.5 Å². The lowest BCUT2D eigenvalue weighted by atomic mass is 10.2. The summed E-state index contributed by atoms with van der Waals surface area (Å²) in [5, 5.41) is 10.8. The first kappa shape index (κ1) is 14.3. The number of nitro benzene ring substituents is 1. The lowest BCUT2D eigenvalue weighted by Gasteiger charge is -2.07. The van der Waals surface area contributed by atoms with E-state index < -0.39 is 4.92 Å². The number of nitrogens with two attached hydrogens (primary N) is 1. The number of hydrogen-bond donors (Lipinski definition) is 1. The van der Waals surface area contributed by atoms with Crippen LogP contribution in [0, 0.1) is 10.1 Å². The van der Waals surface area contributed by atoms with Gasteiger partial charge in [-0.15, -0.1) is 0 Å². The minimum atomic E-state index is -0.453. The molecule has 0 saturated carbocycles. The van der Waals surface area contributed by atoms with Gasteiger partial charge in [-0.2, -0.15) is 0 Å². The third kappa shape index (κ3) is 4.61. The number of nitro groups is 1. The minimum absolute atomic E-state index is 0.0299. The average Bonchev–Trinajstić information content (AvgIpc) is 2.33. The molecule has 0 aromatic heterocycles. The Balaban J connectivity index is 2.45. The van der Waals surface area contributed by atoms with Gasteiger partial charge < -0.3 is 10.5 Å². The highest BCUT2D eigenvalue weighted by molar-refractivity contribution is 5.55. The van der Waals surface area contributed by atoms with Crippen LogP contribution in [0.4, 0.5) is 11.4 Å². The summed E-state index contributed by atoms with van der Waals surface area (Å²) in [6, 6.07) is 4.39. The molecule has 1 aromatic carbocycles. The molecule has 0 radical (unpaired) electrons. The molecule has 2 N–H and O–H groups in total. The SMILES string of the molecule is CCCCCCCOc1cc(N)ccc1[N+](=O)[O-]. The molecule has 0 heterocycles. The fourth-order valence-corrected chi connectivity index (χ4v) is 1.68. The molecule has 5 heteroatoms. The van der Waals surface area contributed by atoms with Crippen molar-refractivity contribution in [3.63, 3.8) is 0 Å². The molecule has 18 heavy (non-hydrogen) atoms. The van der Waals surface area contributed by atoms with Crippen LogP contribution < -0.4 is 10.5 Å². The van der Waals surface area contributed by atoms with Gasteiger partial charge in [-0.1, -0.05) is 32.6 Å². The lowest BCUT2D eigenvalue weighted by Crippen LogP contribution is -2.01. The summed E-state index contributed by atoms with van der Waals surface area (Å²) >= 11 is 0. The van der Waals surface area contributed by atoms with E-state index >= 15 is 0 Å². The van der Waals surface area contributed by atoms with Gasteiger partial charge in [-0.3, -0.25) is 10.1 Å². The van der Waals surface area contributed by atoms with Crippen LogP contribution >= 0.6 is 0 Å². The van der Waals surface area contributed by atoms with E-state index in [1.807, 2.05) is 0 Å². The third-order valence-electron chi connectivity index (χ3n) is 2.69. The van der Waals surface area contributed by atoms with Crippen molar-refractivity contribution in [2.75, 3.05) is 12.3 Å². The zero-order chi connectivity index (χ0) is 13.4. The topological polar surface area (TPSA) is 78.4 Å². The van der Waals surface area contributed by atoms with Crippen molar-refractivity contribution in [3.05, 3.63) is 28.3 Å². The number of rotatable bonds is 8. The molecule has 0 fully saturated rings. The summed E-state index contributed by atoms with van der Waals surface area (Å²) in [5.41, 5.74) is 6.04. The Bertz CT molecular complexity index is 394. The molecule has 0 amide bonds. The number of benzene rings is 1. The molecule has 5 nitrogen and oxygen atoms in total. The Kier molecular flexibility index (Phi) is 5.97. The highest BCUT2D eigenvalue weighted by Crippen LogP contribution is 2.29. The number of nitrogens with zero attached hydrogens (tertiary/aromatic N) is 1. The van der Waals surface area contributed by atoms with Crippen LogP contribution in [0.15, 0.2) is 18.2 Å². The second-order valence-electron chi connectivity index (χ2n) is 4.25. The molecule has 0 aliphatic carbocycles. The highest BCUT2D eigenvalue weighted by Gasteiger charge is 2.14. The predicted octanol–water partition coefficient (Wildman–Crippen LogP) is 3.53. The first-order valence-corrected chi connectivity index (χ1v) is 6.32. The Morgan fingerprint density at radius 3 is 2.67 bits per heavy atom. The molecular formula is C13H20N2O3. The van der Waals surface area contributed by atoms with Crippen LogP contribution in [-0.4, -0.2) is 11.5 Å².